The average molecular weight is 164 g/mol. The van der Waals surface area contributed by atoms with E-state index in [1.54, 1.807) is 0 Å². The van der Waals surface area contributed by atoms with Gasteiger partial charge in [-0.15, -0.1) is 0 Å². The van der Waals surface area contributed by atoms with Crippen molar-refractivity contribution < 1.29 is 9.53 Å². The first-order valence-corrected chi connectivity index (χ1v) is 3.83. The van der Waals surface area contributed by atoms with Crippen molar-refractivity contribution in [1.82, 2.24) is 0 Å². The number of aldehydes is 1. The van der Waals surface area contributed by atoms with E-state index in [1.807, 2.05) is 31.2 Å². The van der Waals surface area contributed by atoms with Gasteiger partial charge in [-0.25, -0.2) is 0 Å². The van der Waals surface area contributed by atoms with Crippen molar-refractivity contribution in [2.24, 2.45) is 0 Å². The van der Waals surface area contributed by atoms with Crippen LogP contribution >= 0.6 is 0 Å². The van der Waals surface area contributed by atoms with Gasteiger partial charge in [0.15, 0.2) is 6.29 Å². The molecule has 1 atom stereocenters. The molecular weight excluding hydrogens is 152 g/mol. The van der Waals surface area contributed by atoms with E-state index in [9.17, 15) is 4.79 Å². The predicted molar refractivity (Wildman–Crippen MR) is 47.0 cm³/mol. The normalized spacial score (nSPS) is 12.5. The third-order valence-electron chi connectivity index (χ3n) is 1.87. The lowest BCUT2D eigenvalue weighted by Gasteiger charge is -2.10. The molecule has 0 aromatic heterocycles. The molecule has 1 aromatic rings. The van der Waals surface area contributed by atoms with Crippen LogP contribution in [0, 0.1) is 6.92 Å². The number of aryl methyl sites for hydroxylation is 1. The second-order valence-electron chi connectivity index (χ2n) is 2.65. The quantitative estimate of drug-likeness (QED) is 0.637. The fourth-order valence-corrected chi connectivity index (χ4v) is 1.16. The summed E-state index contributed by atoms with van der Waals surface area (Å²) < 4.78 is 5.00. The van der Waals surface area contributed by atoms with Crippen molar-refractivity contribution in [3.63, 3.8) is 0 Å². The Morgan fingerprint density at radius 3 is 2.58 bits per heavy atom. The summed E-state index contributed by atoms with van der Waals surface area (Å²) in [5.41, 5.74) is 2.02. The average Bonchev–Trinajstić information content (AvgIpc) is 2.10. The standard InChI is InChI=1S/C10H12O2/c1-8-5-3-4-6-9(8)10(7-11)12-2/h3-7,10H,1-2H3/t10-/m1/s1. The van der Waals surface area contributed by atoms with Crippen LogP contribution in [-0.4, -0.2) is 13.4 Å². The molecular formula is C10H12O2. The fourth-order valence-electron chi connectivity index (χ4n) is 1.16. The van der Waals surface area contributed by atoms with E-state index >= 15 is 0 Å². The molecule has 1 rings (SSSR count). The van der Waals surface area contributed by atoms with E-state index < -0.39 is 6.10 Å². The van der Waals surface area contributed by atoms with Gasteiger partial charge in [0, 0.05) is 7.11 Å². The van der Waals surface area contributed by atoms with Crippen LogP contribution in [0.25, 0.3) is 0 Å². The Kier molecular flexibility index (Phi) is 3.00. The smallest absolute Gasteiger partial charge is 0.153 e. The summed E-state index contributed by atoms with van der Waals surface area (Å²) in [6.45, 7) is 1.96. The van der Waals surface area contributed by atoms with E-state index in [1.165, 1.54) is 7.11 Å². The highest BCUT2D eigenvalue weighted by atomic mass is 16.5. The van der Waals surface area contributed by atoms with Crippen molar-refractivity contribution >= 4 is 6.29 Å². The summed E-state index contributed by atoms with van der Waals surface area (Å²) in [7, 11) is 1.53. The van der Waals surface area contributed by atoms with Gasteiger partial charge in [-0.05, 0) is 18.1 Å². The Morgan fingerprint density at radius 2 is 2.08 bits per heavy atom. The second-order valence-corrected chi connectivity index (χ2v) is 2.65. The maximum absolute atomic E-state index is 10.6. The van der Waals surface area contributed by atoms with E-state index in [2.05, 4.69) is 0 Å². The maximum Gasteiger partial charge on any atom is 0.153 e. The highest BCUT2D eigenvalue weighted by Gasteiger charge is 2.09. The van der Waals surface area contributed by atoms with Crippen LogP contribution in [0.1, 0.15) is 17.2 Å². The molecule has 0 radical (unpaired) electrons. The Balaban J connectivity index is 3.00. The Bertz CT molecular complexity index is 268. The van der Waals surface area contributed by atoms with Crippen LogP contribution < -0.4 is 0 Å². The van der Waals surface area contributed by atoms with Gasteiger partial charge in [0.1, 0.15) is 6.10 Å². The minimum Gasteiger partial charge on any atom is -0.369 e. The molecule has 2 nitrogen and oxygen atoms in total. The summed E-state index contributed by atoms with van der Waals surface area (Å²) in [6, 6.07) is 7.71. The molecule has 0 aliphatic heterocycles. The fraction of sp³-hybridized carbons (Fsp3) is 0.300. The third kappa shape index (κ3) is 1.71. The van der Waals surface area contributed by atoms with Gasteiger partial charge >= 0.3 is 0 Å². The van der Waals surface area contributed by atoms with Crippen LogP contribution in [-0.2, 0) is 9.53 Å². The lowest BCUT2D eigenvalue weighted by molar-refractivity contribution is -0.116. The molecule has 12 heavy (non-hydrogen) atoms. The van der Waals surface area contributed by atoms with Crippen molar-refractivity contribution in [2.75, 3.05) is 7.11 Å². The molecule has 1 aromatic carbocycles. The maximum atomic E-state index is 10.6. The number of carbonyl (C=O) groups is 1. The molecule has 0 fully saturated rings. The van der Waals surface area contributed by atoms with Crippen molar-refractivity contribution in [2.45, 2.75) is 13.0 Å². The van der Waals surface area contributed by atoms with Crippen molar-refractivity contribution in [1.29, 1.82) is 0 Å². The first-order valence-electron chi connectivity index (χ1n) is 3.83. The number of hydrogen-bond acceptors (Lipinski definition) is 2. The second kappa shape index (κ2) is 4.02. The molecule has 64 valence electrons. The Labute approximate surface area is 72.2 Å². The van der Waals surface area contributed by atoms with E-state index in [0.29, 0.717) is 0 Å². The predicted octanol–water partition coefficient (Wildman–Crippen LogP) is 1.88. The highest BCUT2D eigenvalue weighted by molar-refractivity contribution is 5.60. The molecule has 2 heteroatoms. The summed E-state index contributed by atoms with van der Waals surface area (Å²) in [5, 5.41) is 0. The monoisotopic (exact) mass is 164 g/mol. The Hall–Kier alpha value is -1.15. The van der Waals surface area contributed by atoms with E-state index in [-0.39, 0.29) is 0 Å². The molecule has 0 heterocycles. The van der Waals surface area contributed by atoms with Crippen LogP contribution in [0.15, 0.2) is 24.3 Å². The van der Waals surface area contributed by atoms with Crippen molar-refractivity contribution in [3.8, 4) is 0 Å². The van der Waals surface area contributed by atoms with Crippen LogP contribution in [0.2, 0.25) is 0 Å². The zero-order valence-corrected chi connectivity index (χ0v) is 7.28. The van der Waals surface area contributed by atoms with Gasteiger partial charge in [0.05, 0.1) is 0 Å². The number of hydrogen-bond donors (Lipinski definition) is 0. The molecule has 0 aliphatic carbocycles. The lowest BCUT2D eigenvalue weighted by atomic mass is 10.0. The molecule has 0 saturated carbocycles. The van der Waals surface area contributed by atoms with Gasteiger partial charge < -0.3 is 9.53 Å². The third-order valence-corrected chi connectivity index (χ3v) is 1.87. The van der Waals surface area contributed by atoms with Crippen LogP contribution in [0.3, 0.4) is 0 Å². The van der Waals surface area contributed by atoms with Crippen molar-refractivity contribution in [3.05, 3.63) is 35.4 Å². The van der Waals surface area contributed by atoms with E-state index in [0.717, 1.165) is 17.4 Å². The number of methoxy groups -OCH3 is 1. The summed E-state index contributed by atoms with van der Waals surface area (Å²) >= 11 is 0. The summed E-state index contributed by atoms with van der Waals surface area (Å²) in [5.74, 6) is 0. The molecule has 0 amide bonds. The molecule has 0 spiro atoms. The van der Waals surface area contributed by atoms with E-state index in [4.69, 9.17) is 4.74 Å². The first-order chi connectivity index (χ1) is 5.79. The van der Waals surface area contributed by atoms with Gasteiger partial charge in [0.25, 0.3) is 0 Å². The Morgan fingerprint density at radius 1 is 1.42 bits per heavy atom. The zero-order valence-electron chi connectivity index (χ0n) is 7.28. The van der Waals surface area contributed by atoms with Crippen LogP contribution in [0.4, 0.5) is 0 Å². The number of ether oxygens (including phenoxy) is 1. The zero-order chi connectivity index (χ0) is 8.97. The molecule has 0 unspecified atom stereocenters. The largest absolute Gasteiger partial charge is 0.369 e. The number of carbonyl (C=O) groups excluding carboxylic acids is 1. The lowest BCUT2D eigenvalue weighted by Crippen LogP contribution is -2.04. The van der Waals surface area contributed by atoms with Crippen LogP contribution in [0.5, 0.6) is 0 Å². The van der Waals surface area contributed by atoms with Gasteiger partial charge in [-0.2, -0.15) is 0 Å². The molecule has 0 bridgehead atoms. The summed E-state index contributed by atoms with van der Waals surface area (Å²) in [6.07, 6.45) is 0.383. The van der Waals surface area contributed by atoms with Gasteiger partial charge in [0.2, 0.25) is 0 Å². The summed E-state index contributed by atoms with van der Waals surface area (Å²) in [4.78, 5) is 10.6. The molecule has 0 N–H and O–H groups in total. The minimum atomic E-state index is -0.425. The topological polar surface area (TPSA) is 26.3 Å². The highest BCUT2D eigenvalue weighted by Crippen LogP contribution is 2.17. The molecule has 0 saturated heterocycles. The number of benzene rings is 1. The number of rotatable bonds is 3. The van der Waals surface area contributed by atoms with Gasteiger partial charge in [-0.3, -0.25) is 0 Å². The SMILES string of the molecule is CO[C@H](C=O)c1ccccc1C. The molecule has 0 aliphatic rings. The first kappa shape index (κ1) is 8.94. The minimum absolute atomic E-state index is 0.425. The van der Waals surface area contributed by atoms with Gasteiger partial charge in [-0.1, -0.05) is 24.3 Å².